The summed E-state index contributed by atoms with van der Waals surface area (Å²) in [5.74, 6) is 0.554. The highest BCUT2D eigenvalue weighted by Crippen LogP contribution is 2.38. The van der Waals surface area contributed by atoms with Crippen LogP contribution in [0.5, 0.6) is 5.75 Å². The van der Waals surface area contributed by atoms with E-state index in [4.69, 9.17) is 9.47 Å². The number of hydrogen-bond donors (Lipinski definition) is 2. The Morgan fingerprint density at radius 1 is 1.00 bits per heavy atom. The molecule has 0 aliphatic carbocycles. The molecule has 0 saturated carbocycles. The number of fused-ring (bicyclic) bond motifs is 1. The number of unbranched alkanes of at least 4 members (excludes halogenated alkanes) is 1. The van der Waals surface area contributed by atoms with Crippen molar-refractivity contribution in [3.8, 4) is 16.9 Å². The van der Waals surface area contributed by atoms with E-state index in [0.717, 1.165) is 72.5 Å². The number of amides is 1. The van der Waals surface area contributed by atoms with Crippen molar-refractivity contribution in [2.45, 2.75) is 59.2 Å². The monoisotopic (exact) mass is 717 g/mol. The molecule has 2 N–H and O–H groups in total. The molecule has 0 spiro atoms. The zero-order valence-corrected chi connectivity index (χ0v) is 30.0. The maximum absolute atomic E-state index is 14.3. The maximum Gasteiger partial charge on any atom is 0.416 e. The van der Waals surface area contributed by atoms with E-state index in [0.29, 0.717) is 48.0 Å². The molecular formula is C41H46F3N3O5. The normalized spacial score (nSPS) is 13.7. The van der Waals surface area contributed by atoms with E-state index in [2.05, 4.69) is 31.0 Å². The zero-order chi connectivity index (χ0) is 37.4. The molecule has 0 fully saturated rings. The van der Waals surface area contributed by atoms with Gasteiger partial charge in [-0.15, -0.1) is 0 Å². The summed E-state index contributed by atoms with van der Waals surface area (Å²) in [5, 5.41) is 25.8. The molecule has 3 aromatic carbocycles. The summed E-state index contributed by atoms with van der Waals surface area (Å²) < 4.78 is 54.7. The third kappa shape index (κ3) is 9.71. The molecule has 1 aliphatic rings. The lowest BCUT2D eigenvalue weighted by Crippen LogP contribution is -2.34. The Balaban J connectivity index is 1.39. The highest BCUT2D eigenvalue weighted by Gasteiger charge is 2.37. The minimum absolute atomic E-state index is 0.0829. The second-order valence-electron chi connectivity index (χ2n) is 13.5. The smallest absolute Gasteiger partial charge is 0.416 e. The van der Waals surface area contributed by atoms with Crippen LogP contribution in [0.3, 0.4) is 0 Å². The number of aromatic nitrogens is 1. The number of aliphatic hydroxyl groups is 1. The second-order valence-corrected chi connectivity index (χ2v) is 13.5. The summed E-state index contributed by atoms with van der Waals surface area (Å²) in [7, 11) is 0. The molecule has 0 bridgehead atoms. The number of rotatable bonds is 14. The predicted octanol–water partition coefficient (Wildman–Crippen LogP) is 8.48. The van der Waals surface area contributed by atoms with E-state index < -0.39 is 29.3 Å². The molecule has 0 radical (unpaired) electrons. The van der Waals surface area contributed by atoms with Gasteiger partial charge in [0.2, 0.25) is 5.69 Å². The Kier molecular flexibility index (Phi) is 12.6. The Bertz CT molecular complexity index is 1870. The first kappa shape index (κ1) is 38.4. The summed E-state index contributed by atoms with van der Waals surface area (Å²) in [6.45, 7) is 11.0. The number of carbonyl (C=O) groups excluding carboxylic acids is 1. The van der Waals surface area contributed by atoms with Crippen LogP contribution in [0.1, 0.15) is 74.1 Å². The lowest BCUT2D eigenvalue weighted by atomic mass is 9.97. The van der Waals surface area contributed by atoms with Gasteiger partial charge in [0.05, 0.1) is 12.2 Å². The van der Waals surface area contributed by atoms with Gasteiger partial charge in [0.1, 0.15) is 12.4 Å². The van der Waals surface area contributed by atoms with E-state index in [1.807, 2.05) is 42.5 Å². The number of aryl methyl sites for hydroxylation is 1. The van der Waals surface area contributed by atoms with Gasteiger partial charge >= 0.3 is 6.18 Å². The fraction of sp³-hybridized carbons (Fsp3) is 0.366. The van der Waals surface area contributed by atoms with Crippen LogP contribution in [0.25, 0.3) is 17.2 Å². The standard InChI is InChI=1S/C41H46F3N3O5/c1-5-6-19-51-20-21-52-34-11-7-29(8-12-34)30-9-14-37-32(23-30)24-31(16-17-46(37)26-27(2)3)40(49)45-33-10-13-35(36(25-33)41(42,43)44)39(48)38-22-28(4)15-18-47(38)50/h7-15,18,22-25,27,39,48H,5-6,16-17,19-21,26H2,1-4H3,(H,45,49). The van der Waals surface area contributed by atoms with E-state index in [1.54, 1.807) is 13.0 Å². The summed E-state index contributed by atoms with van der Waals surface area (Å²) in [6, 6.07) is 19.9. The summed E-state index contributed by atoms with van der Waals surface area (Å²) in [5.41, 5.74) is 2.76. The molecule has 8 nitrogen and oxygen atoms in total. The number of pyridine rings is 1. The van der Waals surface area contributed by atoms with Crippen molar-refractivity contribution in [1.82, 2.24) is 0 Å². The van der Waals surface area contributed by atoms with Crippen LogP contribution in [-0.4, -0.2) is 43.9 Å². The van der Waals surface area contributed by atoms with Crippen LogP contribution in [0.2, 0.25) is 0 Å². The van der Waals surface area contributed by atoms with Gasteiger partial charge in [-0.05, 0) is 90.4 Å². The van der Waals surface area contributed by atoms with Gasteiger partial charge in [-0.2, -0.15) is 17.9 Å². The molecule has 11 heteroatoms. The van der Waals surface area contributed by atoms with E-state index in [1.165, 1.54) is 18.2 Å². The van der Waals surface area contributed by atoms with Crippen molar-refractivity contribution in [2.75, 3.05) is 43.1 Å². The zero-order valence-electron chi connectivity index (χ0n) is 30.0. The summed E-state index contributed by atoms with van der Waals surface area (Å²) >= 11 is 0. The number of ether oxygens (including phenoxy) is 2. The van der Waals surface area contributed by atoms with Crippen LogP contribution in [0.4, 0.5) is 24.5 Å². The molecule has 5 rings (SSSR count). The van der Waals surface area contributed by atoms with Crippen LogP contribution in [0.15, 0.2) is 84.6 Å². The lowest BCUT2D eigenvalue weighted by Gasteiger charge is -2.27. The summed E-state index contributed by atoms with van der Waals surface area (Å²) in [6.07, 6.45) is -1.28. The molecule has 2 heterocycles. The maximum atomic E-state index is 14.3. The SMILES string of the molecule is CCCCOCCOc1ccc(-c2ccc3c(c2)C=C(C(=O)Nc2ccc(C(O)c4cc(C)cc[n+]4[O-])c(C(F)(F)F)c2)CCN3CC(C)C)cc1. The van der Waals surface area contributed by atoms with Crippen LogP contribution in [-0.2, 0) is 15.7 Å². The first-order chi connectivity index (χ1) is 24.8. The molecule has 0 saturated heterocycles. The quantitative estimate of drug-likeness (QED) is 0.0772. The Labute approximate surface area is 303 Å². The number of carbonyl (C=O) groups is 1. The molecule has 1 unspecified atom stereocenters. The van der Waals surface area contributed by atoms with Gasteiger partial charge in [-0.25, -0.2) is 0 Å². The van der Waals surface area contributed by atoms with Crippen molar-refractivity contribution in [3.05, 3.63) is 118 Å². The van der Waals surface area contributed by atoms with E-state index >= 15 is 0 Å². The molecule has 276 valence electrons. The predicted molar refractivity (Wildman–Crippen MR) is 197 cm³/mol. The number of nitrogens with one attached hydrogen (secondary N) is 1. The first-order valence-electron chi connectivity index (χ1n) is 17.6. The third-order valence-corrected chi connectivity index (χ3v) is 8.85. The molecule has 1 aromatic heterocycles. The van der Waals surface area contributed by atoms with Gasteiger partial charge < -0.3 is 30.0 Å². The fourth-order valence-corrected chi connectivity index (χ4v) is 6.20. The van der Waals surface area contributed by atoms with E-state index in [-0.39, 0.29) is 11.4 Å². The number of alkyl halides is 3. The second kappa shape index (κ2) is 17.1. The molecule has 1 atom stereocenters. The fourth-order valence-electron chi connectivity index (χ4n) is 6.20. The van der Waals surface area contributed by atoms with Crippen LogP contribution < -0.4 is 19.7 Å². The van der Waals surface area contributed by atoms with Crippen LogP contribution in [0, 0.1) is 18.0 Å². The Hall–Kier alpha value is -4.87. The Morgan fingerprint density at radius 3 is 2.46 bits per heavy atom. The molecule has 4 aromatic rings. The topological polar surface area (TPSA) is 98.0 Å². The number of halogens is 3. The molecule has 1 amide bonds. The number of hydrogen-bond acceptors (Lipinski definition) is 6. The average Bonchev–Trinajstić information content (AvgIpc) is 3.29. The van der Waals surface area contributed by atoms with Gasteiger partial charge in [0.15, 0.2) is 12.3 Å². The van der Waals surface area contributed by atoms with Crippen molar-refractivity contribution in [3.63, 3.8) is 0 Å². The third-order valence-electron chi connectivity index (χ3n) is 8.85. The number of anilines is 2. The highest BCUT2D eigenvalue weighted by atomic mass is 19.4. The lowest BCUT2D eigenvalue weighted by molar-refractivity contribution is -0.617. The Morgan fingerprint density at radius 2 is 1.75 bits per heavy atom. The van der Waals surface area contributed by atoms with Gasteiger partial charge in [0.25, 0.3) is 5.91 Å². The van der Waals surface area contributed by atoms with Gasteiger partial charge in [-0.1, -0.05) is 51.5 Å². The van der Waals surface area contributed by atoms with Crippen molar-refractivity contribution >= 4 is 23.4 Å². The minimum atomic E-state index is -4.87. The summed E-state index contributed by atoms with van der Waals surface area (Å²) in [4.78, 5) is 15.9. The number of benzene rings is 3. The largest absolute Gasteiger partial charge is 0.618 e. The number of nitrogens with zero attached hydrogens (tertiary/aromatic N) is 2. The average molecular weight is 718 g/mol. The van der Waals surface area contributed by atoms with Crippen LogP contribution >= 0.6 is 0 Å². The molecule has 52 heavy (non-hydrogen) atoms. The highest BCUT2D eigenvalue weighted by molar-refractivity contribution is 6.07. The van der Waals surface area contributed by atoms with Crippen molar-refractivity contribution in [1.29, 1.82) is 0 Å². The van der Waals surface area contributed by atoms with Crippen molar-refractivity contribution < 1.29 is 37.3 Å². The van der Waals surface area contributed by atoms with Crippen molar-refractivity contribution in [2.24, 2.45) is 5.92 Å². The first-order valence-corrected chi connectivity index (χ1v) is 17.6. The molecule has 1 aliphatic heterocycles. The van der Waals surface area contributed by atoms with Gasteiger partial charge in [0, 0.05) is 54.3 Å². The minimum Gasteiger partial charge on any atom is -0.618 e. The van der Waals surface area contributed by atoms with E-state index in [9.17, 15) is 28.3 Å². The number of aliphatic hydroxyl groups excluding tert-OH is 1. The van der Waals surface area contributed by atoms with Gasteiger partial charge in [-0.3, -0.25) is 4.79 Å². The molecular weight excluding hydrogens is 671 g/mol.